The van der Waals surface area contributed by atoms with Gasteiger partial charge in [0.05, 0.1) is 18.2 Å². The minimum absolute atomic E-state index is 0.0434. The van der Waals surface area contributed by atoms with E-state index >= 15 is 0 Å². The summed E-state index contributed by atoms with van der Waals surface area (Å²) in [6, 6.07) is 7.88. The predicted molar refractivity (Wildman–Crippen MR) is 85.5 cm³/mol. The highest BCUT2D eigenvalue weighted by atomic mass is 16.2. The van der Waals surface area contributed by atoms with Gasteiger partial charge in [-0.2, -0.15) is 0 Å². The second kappa shape index (κ2) is 6.61. The van der Waals surface area contributed by atoms with Gasteiger partial charge in [0.2, 0.25) is 5.91 Å². The van der Waals surface area contributed by atoms with E-state index in [0.717, 1.165) is 5.56 Å². The summed E-state index contributed by atoms with van der Waals surface area (Å²) in [5.74, 6) is -0.109. The molecule has 1 atom stereocenters. The summed E-state index contributed by atoms with van der Waals surface area (Å²) in [6.07, 6.45) is 7.78. The van der Waals surface area contributed by atoms with E-state index in [0.29, 0.717) is 18.2 Å². The van der Waals surface area contributed by atoms with E-state index in [1.807, 2.05) is 31.2 Å². The van der Waals surface area contributed by atoms with Crippen LogP contribution in [-0.2, 0) is 9.59 Å². The topological polar surface area (TPSA) is 54.0 Å². The minimum Gasteiger partial charge on any atom is -0.333 e. The van der Waals surface area contributed by atoms with Gasteiger partial charge in [-0.1, -0.05) is 30.5 Å². The fraction of sp³-hybridized carbons (Fsp3) is 0.556. The van der Waals surface area contributed by atoms with Crippen LogP contribution in [-0.4, -0.2) is 23.9 Å². The Morgan fingerprint density at radius 2 is 1.64 bits per heavy atom. The molecule has 1 aromatic rings. The summed E-state index contributed by atoms with van der Waals surface area (Å²) < 4.78 is 0. The van der Waals surface area contributed by atoms with Crippen molar-refractivity contribution < 1.29 is 14.9 Å². The standard InChI is InChI=1S/C18H24N2O2/c1-13-8-10-15(11-9-13)20-17(21)12-16(18(20)22)19-14-6-4-2-3-5-7-14/h8-11,14,16,19H,2-7,12H2,1H3/p+1. The van der Waals surface area contributed by atoms with Gasteiger partial charge in [0.1, 0.15) is 0 Å². The van der Waals surface area contributed by atoms with Gasteiger partial charge in [-0.15, -0.1) is 0 Å². The fourth-order valence-corrected chi connectivity index (χ4v) is 3.60. The largest absolute Gasteiger partial charge is 0.333 e. The maximum atomic E-state index is 12.6. The molecular formula is C18H25N2O2+. The molecule has 1 aliphatic carbocycles. The van der Waals surface area contributed by atoms with E-state index < -0.39 is 0 Å². The number of imide groups is 1. The molecule has 3 rings (SSSR count). The van der Waals surface area contributed by atoms with E-state index in [2.05, 4.69) is 5.32 Å². The van der Waals surface area contributed by atoms with Crippen molar-refractivity contribution in [3.05, 3.63) is 29.8 Å². The van der Waals surface area contributed by atoms with Crippen molar-refractivity contribution >= 4 is 17.5 Å². The first-order chi connectivity index (χ1) is 10.6. The van der Waals surface area contributed by atoms with Crippen molar-refractivity contribution in [1.82, 2.24) is 0 Å². The molecule has 1 aliphatic heterocycles. The Morgan fingerprint density at radius 1 is 1.00 bits per heavy atom. The lowest BCUT2D eigenvalue weighted by atomic mass is 10.1. The van der Waals surface area contributed by atoms with Crippen LogP contribution in [0.15, 0.2) is 24.3 Å². The Morgan fingerprint density at radius 3 is 2.27 bits per heavy atom. The summed E-state index contributed by atoms with van der Waals surface area (Å²) in [4.78, 5) is 26.3. The highest BCUT2D eigenvalue weighted by Crippen LogP contribution is 2.22. The second-order valence-corrected chi connectivity index (χ2v) is 6.66. The first-order valence-electron chi connectivity index (χ1n) is 8.43. The first-order valence-corrected chi connectivity index (χ1v) is 8.43. The molecule has 1 saturated heterocycles. The Hall–Kier alpha value is -1.68. The van der Waals surface area contributed by atoms with Crippen LogP contribution in [0.4, 0.5) is 5.69 Å². The molecule has 1 unspecified atom stereocenters. The summed E-state index contributed by atoms with van der Waals surface area (Å²) in [6.45, 7) is 2.00. The van der Waals surface area contributed by atoms with Gasteiger partial charge in [0.15, 0.2) is 6.04 Å². The molecule has 2 amide bonds. The van der Waals surface area contributed by atoms with Crippen molar-refractivity contribution in [2.24, 2.45) is 0 Å². The lowest BCUT2D eigenvalue weighted by Crippen LogP contribution is -2.96. The summed E-state index contributed by atoms with van der Waals surface area (Å²) >= 11 is 0. The van der Waals surface area contributed by atoms with Crippen LogP contribution in [0.25, 0.3) is 0 Å². The Bertz CT molecular complexity index is 545. The lowest BCUT2D eigenvalue weighted by molar-refractivity contribution is -0.708. The Labute approximate surface area is 131 Å². The van der Waals surface area contributed by atoms with Gasteiger partial charge in [0, 0.05) is 0 Å². The molecule has 4 heteroatoms. The monoisotopic (exact) mass is 301 g/mol. The molecular weight excluding hydrogens is 276 g/mol. The summed E-state index contributed by atoms with van der Waals surface area (Å²) in [5.41, 5.74) is 1.83. The number of amides is 2. The number of aryl methyl sites for hydroxylation is 1. The first kappa shape index (κ1) is 15.2. The predicted octanol–water partition coefficient (Wildman–Crippen LogP) is 1.91. The fourth-order valence-electron chi connectivity index (χ4n) is 3.60. The van der Waals surface area contributed by atoms with Gasteiger partial charge < -0.3 is 5.32 Å². The number of anilines is 1. The zero-order valence-electron chi connectivity index (χ0n) is 13.3. The number of hydrogen-bond acceptors (Lipinski definition) is 2. The number of benzene rings is 1. The number of nitrogens with zero attached hydrogens (tertiary/aromatic N) is 1. The third-order valence-corrected chi connectivity index (χ3v) is 4.88. The highest BCUT2D eigenvalue weighted by molar-refractivity contribution is 6.21. The lowest BCUT2D eigenvalue weighted by Gasteiger charge is -2.18. The zero-order valence-corrected chi connectivity index (χ0v) is 13.3. The zero-order chi connectivity index (χ0) is 15.5. The summed E-state index contributed by atoms with van der Waals surface area (Å²) in [5, 5.41) is 2.17. The van der Waals surface area contributed by atoms with Gasteiger partial charge in [-0.3, -0.25) is 9.59 Å². The average molecular weight is 301 g/mol. The van der Waals surface area contributed by atoms with Gasteiger partial charge in [0.25, 0.3) is 5.91 Å². The molecule has 0 aromatic heterocycles. The summed E-state index contributed by atoms with van der Waals surface area (Å²) in [7, 11) is 0. The van der Waals surface area contributed by atoms with Crippen LogP contribution < -0.4 is 10.2 Å². The average Bonchev–Trinajstić information content (AvgIpc) is 2.70. The number of rotatable bonds is 3. The molecule has 0 spiro atoms. The van der Waals surface area contributed by atoms with E-state index in [4.69, 9.17) is 0 Å². The molecule has 1 heterocycles. The van der Waals surface area contributed by atoms with Gasteiger partial charge in [-0.25, -0.2) is 4.90 Å². The molecule has 118 valence electrons. The van der Waals surface area contributed by atoms with Crippen LogP contribution in [0, 0.1) is 6.92 Å². The number of carbonyl (C=O) groups excluding carboxylic acids is 2. The molecule has 22 heavy (non-hydrogen) atoms. The van der Waals surface area contributed by atoms with Gasteiger partial charge in [-0.05, 0) is 44.7 Å². The number of quaternary nitrogens is 1. The van der Waals surface area contributed by atoms with Crippen LogP contribution >= 0.6 is 0 Å². The van der Waals surface area contributed by atoms with Crippen molar-refractivity contribution in [2.45, 2.75) is 64.0 Å². The van der Waals surface area contributed by atoms with Crippen molar-refractivity contribution in [3.63, 3.8) is 0 Å². The minimum atomic E-state index is -0.225. The molecule has 4 nitrogen and oxygen atoms in total. The van der Waals surface area contributed by atoms with E-state index in [1.54, 1.807) is 0 Å². The van der Waals surface area contributed by atoms with Crippen LogP contribution in [0.5, 0.6) is 0 Å². The SMILES string of the molecule is Cc1ccc(N2C(=O)CC([NH2+]C3CCCCCC3)C2=O)cc1. The van der Waals surface area contributed by atoms with E-state index in [-0.39, 0.29) is 17.9 Å². The highest BCUT2D eigenvalue weighted by Gasteiger charge is 2.43. The van der Waals surface area contributed by atoms with Crippen LogP contribution in [0.2, 0.25) is 0 Å². The van der Waals surface area contributed by atoms with E-state index in [9.17, 15) is 9.59 Å². The molecule has 2 fully saturated rings. The third kappa shape index (κ3) is 3.22. The molecule has 2 N–H and O–H groups in total. The number of nitrogens with two attached hydrogens (primary N) is 1. The molecule has 1 saturated carbocycles. The normalized spacial score (nSPS) is 23.9. The van der Waals surface area contributed by atoms with Crippen molar-refractivity contribution in [2.75, 3.05) is 4.90 Å². The van der Waals surface area contributed by atoms with Crippen LogP contribution in [0.1, 0.15) is 50.5 Å². The molecule has 2 aliphatic rings. The Kier molecular flexibility index (Phi) is 4.57. The maximum Gasteiger partial charge on any atom is 0.292 e. The van der Waals surface area contributed by atoms with Crippen molar-refractivity contribution in [3.8, 4) is 0 Å². The second-order valence-electron chi connectivity index (χ2n) is 6.66. The van der Waals surface area contributed by atoms with Gasteiger partial charge >= 0.3 is 0 Å². The number of carbonyl (C=O) groups is 2. The third-order valence-electron chi connectivity index (χ3n) is 4.88. The van der Waals surface area contributed by atoms with Crippen molar-refractivity contribution in [1.29, 1.82) is 0 Å². The number of hydrogen-bond donors (Lipinski definition) is 1. The molecule has 0 bridgehead atoms. The van der Waals surface area contributed by atoms with Crippen LogP contribution in [0.3, 0.4) is 0 Å². The molecule has 1 aromatic carbocycles. The smallest absolute Gasteiger partial charge is 0.292 e. The van der Waals surface area contributed by atoms with E-state index in [1.165, 1.54) is 43.4 Å². The quantitative estimate of drug-likeness (QED) is 0.685. The Balaban J connectivity index is 1.69. The molecule has 0 radical (unpaired) electrons. The maximum absolute atomic E-state index is 12.6.